The molecule has 0 bridgehead atoms. The van der Waals surface area contributed by atoms with Crippen LogP contribution in [-0.4, -0.2) is 24.8 Å². The number of ether oxygens (including phenoxy) is 2. The van der Waals surface area contributed by atoms with Gasteiger partial charge in [-0.05, 0) is 29.8 Å². The van der Waals surface area contributed by atoms with Crippen LogP contribution in [0.4, 0.5) is 8.78 Å². The third kappa shape index (κ3) is 3.45. The number of benzene rings is 2. The van der Waals surface area contributed by atoms with Gasteiger partial charge in [-0.15, -0.1) is 0 Å². The first-order chi connectivity index (χ1) is 11.1. The predicted octanol–water partition coefficient (Wildman–Crippen LogP) is 2.25. The number of fused-ring (bicyclic) bond motifs is 1. The summed E-state index contributed by atoms with van der Waals surface area (Å²) < 4.78 is 36.8. The van der Waals surface area contributed by atoms with Crippen molar-refractivity contribution in [3.05, 3.63) is 59.7 Å². The van der Waals surface area contributed by atoms with Crippen molar-refractivity contribution >= 4 is 12.1 Å². The maximum atomic E-state index is 13.0. The average Bonchev–Trinajstić information content (AvgIpc) is 2.57. The third-order valence-corrected chi connectivity index (χ3v) is 3.13. The van der Waals surface area contributed by atoms with Gasteiger partial charge in [0, 0.05) is 0 Å². The molecule has 118 valence electrons. The Morgan fingerprint density at radius 3 is 2.74 bits per heavy atom. The van der Waals surface area contributed by atoms with E-state index >= 15 is 0 Å². The molecule has 1 aliphatic heterocycles. The van der Waals surface area contributed by atoms with E-state index in [0.717, 1.165) is 12.1 Å². The van der Waals surface area contributed by atoms with E-state index < -0.39 is 23.6 Å². The van der Waals surface area contributed by atoms with E-state index in [9.17, 15) is 13.6 Å². The van der Waals surface area contributed by atoms with Crippen molar-refractivity contribution in [1.29, 1.82) is 0 Å². The van der Waals surface area contributed by atoms with Crippen LogP contribution in [0, 0.1) is 11.6 Å². The lowest BCUT2D eigenvalue weighted by Crippen LogP contribution is -2.42. The van der Waals surface area contributed by atoms with Crippen LogP contribution in [0.15, 0.2) is 47.6 Å². The Hall–Kier alpha value is -2.96. The number of halogens is 2. The highest BCUT2D eigenvalue weighted by Gasteiger charge is 2.26. The summed E-state index contributed by atoms with van der Waals surface area (Å²) in [5.74, 6) is -1.39. The second-order valence-electron chi connectivity index (χ2n) is 4.77. The van der Waals surface area contributed by atoms with Crippen molar-refractivity contribution in [2.75, 3.05) is 6.61 Å². The Morgan fingerprint density at radius 2 is 1.96 bits per heavy atom. The van der Waals surface area contributed by atoms with E-state index in [2.05, 4.69) is 10.5 Å². The molecule has 0 radical (unpaired) electrons. The maximum Gasteiger partial charge on any atom is 0.284 e. The lowest BCUT2D eigenvalue weighted by molar-refractivity contribution is -0.130. The smallest absolute Gasteiger partial charge is 0.284 e. The van der Waals surface area contributed by atoms with Crippen molar-refractivity contribution in [2.24, 2.45) is 5.10 Å². The van der Waals surface area contributed by atoms with Gasteiger partial charge in [0.25, 0.3) is 5.91 Å². The SMILES string of the molecule is O=C(N/N=C/c1ccc(F)c(F)c1)C1COc2ccccc2O1. The minimum Gasteiger partial charge on any atom is -0.485 e. The summed E-state index contributed by atoms with van der Waals surface area (Å²) in [6.07, 6.45) is 0.366. The van der Waals surface area contributed by atoms with Gasteiger partial charge in [0.05, 0.1) is 6.21 Å². The average molecular weight is 318 g/mol. The highest BCUT2D eigenvalue weighted by Crippen LogP contribution is 2.30. The number of carbonyl (C=O) groups excluding carboxylic acids is 1. The molecule has 1 amide bonds. The molecule has 3 rings (SSSR count). The standard InChI is InChI=1S/C16H12F2N2O3/c17-11-6-5-10(7-12(11)18)8-19-20-16(21)15-9-22-13-3-1-2-4-14(13)23-15/h1-8,15H,9H2,(H,20,21)/b19-8+. The molecule has 1 unspecified atom stereocenters. The number of hydrogen-bond acceptors (Lipinski definition) is 4. The molecule has 1 aliphatic rings. The fourth-order valence-electron chi connectivity index (χ4n) is 1.98. The Balaban J connectivity index is 1.59. The van der Waals surface area contributed by atoms with Gasteiger partial charge in [-0.1, -0.05) is 18.2 Å². The predicted molar refractivity (Wildman–Crippen MR) is 78.4 cm³/mol. The van der Waals surface area contributed by atoms with Gasteiger partial charge in [-0.2, -0.15) is 5.10 Å². The maximum absolute atomic E-state index is 13.0. The van der Waals surface area contributed by atoms with Gasteiger partial charge in [0.1, 0.15) is 6.61 Å². The monoisotopic (exact) mass is 318 g/mol. The summed E-state index contributed by atoms with van der Waals surface area (Å²) in [7, 11) is 0. The largest absolute Gasteiger partial charge is 0.485 e. The van der Waals surface area contributed by atoms with E-state index in [-0.39, 0.29) is 6.61 Å². The summed E-state index contributed by atoms with van der Waals surface area (Å²) in [5.41, 5.74) is 2.59. The number of carbonyl (C=O) groups is 1. The minimum absolute atomic E-state index is 0.0591. The van der Waals surface area contributed by atoms with Gasteiger partial charge >= 0.3 is 0 Å². The van der Waals surface area contributed by atoms with E-state index in [0.29, 0.717) is 17.1 Å². The van der Waals surface area contributed by atoms with Crippen LogP contribution in [0.1, 0.15) is 5.56 Å². The van der Waals surface area contributed by atoms with Gasteiger partial charge in [-0.25, -0.2) is 14.2 Å². The number of para-hydroxylation sites is 2. The van der Waals surface area contributed by atoms with Crippen LogP contribution in [0.3, 0.4) is 0 Å². The Bertz CT molecular complexity index is 765. The van der Waals surface area contributed by atoms with Crippen LogP contribution in [0.2, 0.25) is 0 Å². The number of nitrogens with zero attached hydrogens (tertiary/aromatic N) is 1. The molecule has 7 heteroatoms. The van der Waals surface area contributed by atoms with Crippen molar-refractivity contribution < 1.29 is 23.0 Å². The van der Waals surface area contributed by atoms with Gasteiger partial charge in [-0.3, -0.25) is 4.79 Å². The molecular formula is C16H12F2N2O3. The van der Waals surface area contributed by atoms with E-state index in [1.165, 1.54) is 12.3 Å². The third-order valence-electron chi connectivity index (χ3n) is 3.13. The molecule has 0 aliphatic carbocycles. The molecule has 2 aromatic carbocycles. The molecule has 0 aromatic heterocycles. The van der Waals surface area contributed by atoms with Crippen LogP contribution < -0.4 is 14.9 Å². The quantitative estimate of drug-likeness (QED) is 0.697. The van der Waals surface area contributed by atoms with E-state index in [1.54, 1.807) is 24.3 Å². The molecule has 2 aromatic rings. The molecule has 23 heavy (non-hydrogen) atoms. The summed E-state index contributed by atoms with van der Waals surface area (Å²) >= 11 is 0. The first-order valence-electron chi connectivity index (χ1n) is 6.80. The Kier molecular flexibility index (Phi) is 4.18. The van der Waals surface area contributed by atoms with Gasteiger partial charge in [0.2, 0.25) is 6.10 Å². The number of nitrogens with one attached hydrogen (secondary N) is 1. The summed E-state index contributed by atoms with van der Waals surface area (Å²) in [5, 5.41) is 3.69. The topological polar surface area (TPSA) is 59.9 Å². The molecule has 0 saturated carbocycles. The number of hydrazone groups is 1. The molecular weight excluding hydrogens is 306 g/mol. The summed E-state index contributed by atoms with van der Waals surface area (Å²) in [6, 6.07) is 10.3. The Labute approximate surface area is 130 Å². The van der Waals surface area contributed by atoms with Gasteiger partial charge < -0.3 is 9.47 Å². The minimum atomic E-state index is -0.985. The van der Waals surface area contributed by atoms with Crippen LogP contribution >= 0.6 is 0 Å². The zero-order valence-corrected chi connectivity index (χ0v) is 11.8. The zero-order chi connectivity index (χ0) is 16.2. The molecule has 5 nitrogen and oxygen atoms in total. The lowest BCUT2D eigenvalue weighted by Gasteiger charge is -2.24. The fraction of sp³-hybridized carbons (Fsp3) is 0.125. The van der Waals surface area contributed by atoms with Gasteiger partial charge in [0.15, 0.2) is 23.1 Å². The number of rotatable bonds is 3. The molecule has 0 spiro atoms. The second-order valence-corrected chi connectivity index (χ2v) is 4.77. The van der Waals surface area contributed by atoms with Crippen LogP contribution in [0.25, 0.3) is 0 Å². The van der Waals surface area contributed by atoms with Crippen molar-refractivity contribution in [1.82, 2.24) is 5.43 Å². The number of amides is 1. The van der Waals surface area contributed by atoms with Crippen molar-refractivity contribution in [2.45, 2.75) is 6.10 Å². The van der Waals surface area contributed by atoms with E-state index in [1.807, 2.05) is 0 Å². The fourth-order valence-corrected chi connectivity index (χ4v) is 1.98. The normalized spacial score (nSPS) is 16.3. The highest BCUT2D eigenvalue weighted by molar-refractivity contribution is 5.84. The molecule has 0 saturated heterocycles. The van der Waals surface area contributed by atoms with Crippen LogP contribution in [-0.2, 0) is 4.79 Å². The Morgan fingerprint density at radius 1 is 1.17 bits per heavy atom. The second kappa shape index (κ2) is 6.43. The molecule has 1 atom stereocenters. The zero-order valence-electron chi connectivity index (χ0n) is 11.8. The first-order valence-corrected chi connectivity index (χ1v) is 6.80. The van der Waals surface area contributed by atoms with E-state index in [4.69, 9.17) is 9.47 Å². The molecule has 1 N–H and O–H groups in total. The van der Waals surface area contributed by atoms with Crippen LogP contribution in [0.5, 0.6) is 11.5 Å². The molecule has 1 heterocycles. The molecule has 0 fully saturated rings. The summed E-state index contributed by atoms with van der Waals surface area (Å²) in [6.45, 7) is 0.0591. The highest BCUT2D eigenvalue weighted by atomic mass is 19.2. The lowest BCUT2D eigenvalue weighted by atomic mass is 10.2. The summed E-state index contributed by atoms with van der Waals surface area (Å²) in [4.78, 5) is 12.0. The van der Waals surface area contributed by atoms with Crippen molar-refractivity contribution in [3.63, 3.8) is 0 Å². The van der Waals surface area contributed by atoms with Crippen molar-refractivity contribution in [3.8, 4) is 11.5 Å². The first kappa shape index (κ1) is 15.0. The number of hydrogen-bond donors (Lipinski definition) is 1.